The van der Waals surface area contributed by atoms with Crippen molar-refractivity contribution in [1.82, 2.24) is 24.3 Å². The number of hydrogen-bond donors (Lipinski definition) is 0. The normalized spacial score (nSPS) is 11.8. The SMILES string of the molecule is N#Cc1ccc2c(ccn2Cc2noc(-c3cc(F)c(-n4ccnc4)c(Cl)c3F)n2)c1C(F)(F)F. The number of benzene rings is 2. The average molecular weight is 505 g/mol. The topological polar surface area (TPSA) is 85.5 Å². The first-order valence-corrected chi connectivity index (χ1v) is 10.1. The van der Waals surface area contributed by atoms with E-state index >= 15 is 0 Å². The summed E-state index contributed by atoms with van der Waals surface area (Å²) in [7, 11) is 0. The third kappa shape index (κ3) is 3.79. The van der Waals surface area contributed by atoms with Gasteiger partial charge in [0.05, 0.1) is 35.6 Å². The molecule has 0 aliphatic rings. The maximum Gasteiger partial charge on any atom is 0.418 e. The van der Waals surface area contributed by atoms with E-state index in [4.69, 9.17) is 21.4 Å². The lowest BCUT2D eigenvalue weighted by Gasteiger charge is -2.11. The van der Waals surface area contributed by atoms with Gasteiger partial charge in [-0.1, -0.05) is 16.8 Å². The molecule has 35 heavy (non-hydrogen) atoms. The summed E-state index contributed by atoms with van der Waals surface area (Å²) in [6.07, 6.45) is 0.641. The number of nitrogens with zero attached hydrogens (tertiary/aromatic N) is 6. The van der Waals surface area contributed by atoms with E-state index in [0.717, 1.165) is 12.1 Å². The van der Waals surface area contributed by atoms with Gasteiger partial charge in [-0.25, -0.2) is 13.8 Å². The molecule has 0 saturated heterocycles. The number of rotatable bonds is 4. The molecule has 0 spiro atoms. The monoisotopic (exact) mass is 504 g/mol. The van der Waals surface area contributed by atoms with Gasteiger partial charge in [-0.2, -0.15) is 23.4 Å². The molecule has 0 N–H and O–H groups in total. The number of fused-ring (bicyclic) bond motifs is 1. The Morgan fingerprint density at radius 1 is 1.14 bits per heavy atom. The number of hydrogen-bond acceptors (Lipinski definition) is 5. The lowest BCUT2D eigenvalue weighted by Crippen LogP contribution is -2.09. The standard InChI is InChI=1S/C22H10ClF5N6O/c23-18-19(25)13(7-14(24)20(18)34-6-4-30-10-34)21-31-16(32-35-21)9-33-5-3-12-15(33)2-1-11(8-29)17(12)22(26,27)28/h1-7,10H,9H2. The van der Waals surface area contributed by atoms with Crippen molar-refractivity contribution in [1.29, 1.82) is 5.26 Å². The van der Waals surface area contributed by atoms with Crippen LogP contribution in [0.2, 0.25) is 5.02 Å². The molecule has 13 heteroatoms. The third-order valence-electron chi connectivity index (χ3n) is 5.26. The van der Waals surface area contributed by atoms with Crippen LogP contribution in [0.4, 0.5) is 22.0 Å². The van der Waals surface area contributed by atoms with Gasteiger partial charge in [-0.3, -0.25) is 0 Å². The maximum absolute atomic E-state index is 14.9. The molecule has 5 rings (SSSR count). The lowest BCUT2D eigenvalue weighted by atomic mass is 10.0. The minimum absolute atomic E-state index is 0.00923. The molecule has 0 unspecified atom stereocenters. The van der Waals surface area contributed by atoms with E-state index in [1.165, 1.54) is 46.2 Å². The van der Waals surface area contributed by atoms with Gasteiger partial charge in [0.25, 0.3) is 5.89 Å². The second-order valence-corrected chi connectivity index (χ2v) is 7.72. The largest absolute Gasteiger partial charge is 0.418 e. The van der Waals surface area contributed by atoms with Gasteiger partial charge >= 0.3 is 6.18 Å². The first-order chi connectivity index (χ1) is 16.7. The second-order valence-electron chi connectivity index (χ2n) is 7.34. The molecular weight excluding hydrogens is 495 g/mol. The van der Waals surface area contributed by atoms with Gasteiger partial charge in [0, 0.05) is 29.5 Å². The van der Waals surface area contributed by atoms with Crippen molar-refractivity contribution in [3.05, 3.63) is 82.8 Å². The Morgan fingerprint density at radius 3 is 2.63 bits per heavy atom. The van der Waals surface area contributed by atoms with Crippen LogP contribution in [-0.4, -0.2) is 24.3 Å². The smallest absolute Gasteiger partial charge is 0.340 e. The Balaban J connectivity index is 1.51. The quantitative estimate of drug-likeness (QED) is 0.230. The van der Waals surface area contributed by atoms with E-state index in [1.807, 2.05) is 0 Å². The summed E-state index contributed by atoms with van der Waals surface area (Å²) < 4.78 is 77.9. The van der Waals surface area contributed by atoms with E-state index < -0.39 is 34.0 Å². The lowest BCUT2D eigenvalue weighted by molar-refractivity contribution is -0.136. The molecule has 0 aliphatic carbocycles. The highest BCUT2D eigenvalue weighted by molar-refractivity contribution is 6.32. The summed E-state index contributed by atoms with van der Waals surface area (Å²) in [6, 6.07) is 6.07. The highest BCUT2D eigenvalue weighted by Gasteiger charge is 2.36. The molecule has 0 bridgehead atoms. The van der Waals surface area contributed by atoms with Gasteiger partial charge < -0.3 is 13.7 Å². The minimum atomic E-state index is -4.74. The van der Waals surface area contributed by atoms with Crippen molar-refractivity contribution < 1.29 is 26.5 Å². The van der Waals surface area contributed by atoms with Crippen molar-refractivity contribution in [3.8, 4) is 23.2 Å². The number of aromatic nitrogens is 5. The van der Waals surface area contributed by atoms with E-state index in [2.05, 4.69) is 15.1 Å². The summed E-state index contributed by atoms with van der Waals surface area (Å²) >= 11 is 6.04. The molecule has 3 heterocycles. The van der Waals surface area contributed by atoms with Crippen LogP contribution in [0.1, 0.15) is 17.0 Å². The fourth-order valence-corrected chi connectivity index (χ4v) is 4.05. The molecule has 0 atom stereocenters. The van der Waals surface area contributed by atoms with Crippen LogP contribution in [-0.2, 0) is 12.7 Å². The van der Waals surface area contributed by atoms with Crippen molar-refractivity contribution in [2.24, 2.45) is 0 Å². The zero-order chi connectivity index (χ0) is 24.9. The van der Waals surface area contributed by atoms with Gasteiger partial charge in [-0.15, -0.1) is 0 Å². The highest BCUT2D eigenvalue weighted by Crippen LogP contribution is 2.38. The molecule has 0 aliphatic heterocycles. The molecule has 0 radical (unpaired) electrons. The van der Waals surface area contributed by atoms with Crippen LogP contribution in [0.3, 0.4) is 0 Å². The predicted molar refractivity (Wildman–Crippen MR) is 113 cm³/mol. The molecule has 7 nitrogen and oxygen atoms in total. The molecule has 0 amide bonds. The Kier molecular flexibility index (Phi) is 5.29. The first-order valence-electron chi connectivity index (χ1n) is 9.77. The van der Waals surface area contributed by atoms with Crippen LogP contribution in [0.5, 0.6) is 0 Å². The van der Waals surface area contributed by atoms with Crippen molar-refractivity contribution >= 4 is 22.5 Å². The molecule has 176 valence electrons. The summed E-state index contributed by atoms with van der Waals surface area (Å²) in [5.41, 5.74) is -2.01. The van der Waals surface area contributed by atoms with Gasteiger partial charge in [0.1, 0.15) is 16.5 Å². The Hall–Kier alpha value is -4.24. The number of halogens is 6. The summed E-state index contributed by atoms with van der Waals surface area (Å²) in [5.74, 6) is -2.24. The van der Waals surface area contributed by atoms with Gasteiger partial charge in [-0.05, 0) is 24.3 Å². The Bertz CT molecular complexity index is 1610. The molecular formula is C22H10ClF5N6O. The Morgan fingerprint density at radius 2 is 1.94 bits per heavy atom. The van der Waals surface area contributed by atoms with E-state index in [0.29, 0.717) is 0 Å². The van der Waals surface area contributed by atoms with E-state index in [9.17, 15) is 22.0 Å². The molecule has 0 saturated carbocycles. The fraction of sp³-hybridized carbons (Fsp3) is 0.0909. The number of imidazole rings is 1. The van der Waals surface area contributed by atoms with Crippen LogP contribution >= 0.6 is 11.6 Å². The maximum atomic E-state index is 14.9. The molecule has 0 fully saturated rings. The summed E-state index contributed by atoms with van der Waals surface area (Å²) in [5, 5.41) is 12.1. The summed E-state index contributed by atoms with van der Waals surface area (Å²) in [6.45, 7) is -0.138. The van der Waals surface area contributed by atoms with Gasteiger partial charge in [0.15, 0.2) is 11.6 Å². The van der Waals surface area contributed by atoms with E-state index in [1.54, 1.807) is 6.07 Å². The Labute approximate surface area is 197 Å². The summed E-state index contributed by atoms with van der Waals surface area (Å²) in [4.78, 5) is 7.82. The number of nitriles is 1. The zero-order valence-electron chi connectivity index (χ0n) is 17.2. The fourth-order valence-electron chi connectivity index (χ4n) is 3.76. The average Bonchev–Trinajstić information content (AvgIpc) is 3.57. The molecule has 2 aromatic carbocycles. The van der Waals surface area contributed by atoms with Crippen molar-refractivity contribution in [3.63, 3.8) is 0 Å². The first kappa shape index (κ1) is 22.5. The van der Waals surface area contributed by atoms with Gasteiger partial charge in [0.2, 0.25) is 0 Å². The predicted octanol–water partition coefficient (Wildman–Crippen LogP) is 5.75. The van der Waals surface area contributed by atoms with Crippen LogP contribution in [0.15, 0.2) is 53.7 Å². The van der Waals surface area contributed by atoms with Crippen LogP contribution in [0.25, 0.3) is 28.0 Å². The number of alkyl halides is 3. The molecule has 5 aromatic rings. The van der Waals surface area contributed by atoms with Crippen molar-refractivity contribution in [2.45, 2.75) is 12.7 Å². The second kappa shape index (κ2) is 8.21. The highest BCUT2D eigenvalue weighted by atomic mass is 35.5. The molecule has 3 aromatic heterocycles. The minimum Gasteiger partial charge on any atom is -0.340 e. The zero-order valence-corrected chi connectivity index (χ0v) is 17.9. The van der Waals surface area contributed by atoms with E-state index in [-0.39, 0.29) is 40.4 Å². The third-order valence-corrected chi connectivity index (χ3v) is 5.61. The van der Waals surface area contributed by atoms with Crippen LogP contribution in [0, 0.1) is 23.0 Å². The van der Waals surface area contributed by atoms with Crippen LogP contribution < -0.4 is 0 Å². The van der Waals surface area contributed by atoms with Crippen molar-refractivity contribution in [2.75, 3.05) is 0 Å².